The van der Waals surface area contributed by atoms with Crippen LogP contribution in [0.1, 0.15) is 12.5 Å². The Morgan fingerprint density at radius 2 is 1.90 bits per heavy atom. The summed E-state index contributed by atoms with van der Waals surface area (Å²) in [6.45, 7) is 0.857. The minimum absolute atomic E-state index is 0.0419. The summed E-state index contributed by atoms with van der Waals surface area (Å²) < 4.78 is 31.4. The molecule has 0 radical (unpaired) electrons. The van der Waals surface area contributed by atoms with Gasteiger partial charge in [-0.1, -0.05) is 41.4 Å². The van der Waals surface area contributed by atoms with Gasteiger partial charge in [0.25, 0.3) is 15.9 Å². The standard InChI is InChI=1S/C18H15Cl2N3O5S/c1-10(21-17-11-5-2-3-8-14(11)29(26,27)23-17)18(25)28-9-15(24)22-13-7-4-6-12(19)16(13)20/h2-8,10H,9H2,1H3,(H,21,23)(H,22,24)/t10-/m1/s1. The van der Waals surface area contributed by atoms with E-state index in [9.17, 15) is 18.0 Å². The first-order chi connectivity index (χ1) is 13.7. The van der Waals surface area contributed by atoms with Crippen LogP contribution in [-0.2, 0) is 24.3 Å². The Labute approximate surface area is 176 Å². The van der Waals surface area contributed by atoms with E-state index in [1.165, 1.54) is 13.0 Å². The van der Waals surface area contributed by atoms with E-state index in [0.717, 1.165) is 0 Å². The van der Waals surface area contributed by atoms with Crippen molar-refractivity contribution in [3.8, 4) is 0 Å². The van der Waals surface area contributed by atoms with Crippen LogP contribution in [0.15, 0.2) is 52.4 Å². The molecule has 2 N–H and O–H groups in total. The van der Waals surface area contributed by atoms with Crippen molar-refractivity contribution in [3.63, 3.8) is 0 Å². The molecule has 2 aromatic carbocycles. The second-order valence-corrected chi connectivity index (χ2v) is 8.45. The van der Waals surface area contributed by atoms with Gasteiger partial charge in [-0.25, -0.2) is 13.2 Å². The number of hydrogen-bond donors (Lipinski definition) is 2. The molecule has 0 aliphatic carbocycles. The average molecular weight is 456 g/mol. The molecule has 2 aromatic rings. The summed E-state index contributed by atoms with van der Waals surface area (Å²) in [4.78, 5) is 28.3. The molecule has 1 atom stereocenters. The van der Waals surface area contributed by atoms with Crippen molar-refractivity contribution in [2.75, 3.05) is 11.9 Å². The number of amidine groups is 1. The Hall–Kier alpha value is -2.62. The fraction of sp³-hybridized carbons (Fsp3) is 0.167. The second-order valence-electron chi connectivity index (χ2n) is 6.01. The highest BCUT2D eigenvalue weighted by Gasteiger charge is 2.31. The number of fused-ring (bicyclic) bond motifs is 1. The maximum atomic E-state index is 12.1. The Morgan fingerprint density at radius 1 is 1.17 bits per heavy atom. The molecule has 0 fully saturated rings. The highest BCUT2D eigenvalue weighted by molar-refractivity contribution is 7.90. The van der Waals surface area contributed by atoms with E-state index in [4.69, 9.17) is 27.9 Å². The van der Waals surface area contributed by atoms with Crippen LogP contribution in [0.3, 0.4) is 0 Å². The molecule has 8 nitrogen and oxygen atoms in total. The van der Waals surface area contributed by atoms with Crippen molar-refractivity contribution < 1.29 is 22.7 Å². The number of nitrogens with zero attached hydrogens (tertiary/aromatic N) is 1. The van der Waals surface area contributed by atoms with E-state index < -0.39 is 34.5 Å². The van der Waals surface area contributed by atoms with Crippen molar-refractivity contribution in [1.29, 1.82) is 0 Å². The van der Waals surface area contributed by atoms with E-state index in [-0.39, 0.29) is 26.5 Å². The first kappa shape index (κ1) is 21.1. The van der Waals surface area contributed by atoms with Gasteiger partial charge in [-0.15, -0.1) is 0 Å². The molecule has 0 spiro atoms. The van der Waals surface area contributed by atoms with Crippen LogP contribution in [0.5, 0.6) is 0 Å². The van der Waals surface area contributed by atoms with Gasteiger partial charge in [0.15, 0.2) is 6.61 Å². The first-order valence-electron chi connectivity index (χ1n) is 8.29. The number of anilines is 1. The number of hydrogen-bond acceptors (Lipinski definition) is 6. The quantitative estimate of drug-likeness (QED) is 0.672. The van der Waals surface area contributed by atoms with Crippen LogP contribution in [-0.4, -0.2) is 38.8 Å². The van der Waals surface area contributed by atoms with Gasteiger partial charge < -0.3 is 10.1 Å². The van der Waals surface area contributed by atoms with Gasteiger partial charge >= 0.3 is 5.97 Å². The molecule has 0 saturated heterocycles. The Kier molecular flexibility index (Phi) is 6.11. The van der Waals surface area contributed by atoms with Crippen LogP contribution >= 0.6 is 23.2 Å². The summed E-state index contributed by atoms with van der Waals surface area (Å²) in [5, 5.41) is 2.92. The Bertz CT molecular complexity index is 1120. The maximum absolute atomic E-state index is 12.1. The summed E-state index contributed by atoms with van der Waals surface area (Å²) in [6, 6.07) is 9.94. The number of ether oxygens (including phenoxy) is 1. The molecule has 0 aromatic heterocycles. The number of halogens is 2. The van der Waals surface area contributed by atoms with E-state index in [2.05, 4.69) is 15.0 Å². The summed E-state index contributed by atoms with van der Waals surface area (Å²) in [5.41, 5.74) is 0.644. The number of sulfonamides is 1. The van der Waals surface area contributed by atoms with Crippen molar-refractivity contribution in [2.24, 2.45) is 4.99 Å². The third kappa shape index (κ3) is 4.69. The SMILES string of the molecule is C[C@@H](N=C1NS(=O)(=O)c2ccccc21)C(=O)OCC(=O)Nc1cccc(Cl)c1Cl. The molecule has 1 aliphatic heterocycles. The minimum Gasteiger partial charge on any atom is -0.454 e. The van der Waals surface area contributed by atoms with E-state index in [0.29, 0.717) is 5.56 Å². The largest absolute Gasteiger partial charge is 0.454 e. The van der Waals surface area contributed by atoms with Crippen molar-refractivity contribution >= 4 is 56.6 Å². The molecule has 0 saturated carbocycles. The van der Waals surface area contributed by atoms with Crippen molar-refractivity contribution in [1.82, 2.24) is 4.72 Å². The van der Waals surface area contributed by atoms with Gasteiger partial charge in [-0.05, 0) is 31.2 Å². The molecule has 1 heterocycles. The smallest absolute Gasteiger partial charge is 0.331 e. The lowest BCUT2D eigenvalue weighted by molar-refractivity contribution is -0.148. The zero-order chi connectivity index (χ0) is 21.2. The Balaban J connectivity index is 1.62. The van der Waals surface area contributed by atoms with Crippen molar-refractivity contribution in [3.05, 3.63) is 58.1 Å². The fourth-order valence-electron chi connectivity index (χ4n) is 2.52. The second kappa shape index (κ2) is 8.40. The number of amides is 1. The summed E-state index contributed by atoms with van der Waals surface area (Å²) in [7, 11) is -3.71. The molecule has 0 bridgehead atoms. The third-order valence-electron chi connectivity index (χ3n) is 3.90. The van der Waals surface area contributed by atoms with Crippen LogP contribution in [0.4, 0.5) is 5.69 Å². The molecule has 3 rings (SSSR count). The van der Waals surface area contributed by atoms with Crippen LogP contribution in [0.2, 0.25) is 10.0 Å². The number of benzene rings is 2. The average Bonchev–Trinajstić information content (AvgIpc) is 2.94. The maximum Gasteiger partial charge on any atom is 0.331 e. The van der Waals surface area contributed by atoms with Crippen molar-refractivity contribution in [2.45, 2.75) is 17.9 Å². The highest BCUT2D eigenvalue weighted by atomic mass is 35.5. The van der Waals surface area contributed by atoms with Gasteiger partial charge in [0.05, 0.1) is 20.6 Å². The lowest BCUT2D eigenvalue weighted by Gasteiger charge is -2.10. The van der Waals surface area contributed by atoms with Gasteiger partial charge in [0, 0.05) is 5.56 Å². The van der Waals surface area contributed by atoms with Gasteiger partial charge in [0.1, 0.15) is 11.9 Å². The minimum atomic E-state index is -3.71. The number of carbonyl (C=O) groups excluding carboxylic acids is 2. The van der Waals surface area contributed by atoms with Crippen LogP contribution in [0.25, 0.3) is 0 Å². The summed E-state index contributed by atoms with van der Waals surface area (Å²) in [5.74, 6) is -1.37. The molecule has 152 valence electrons. The van der Waals surface area contributed by atoms with E-state index in [1.807, 2.05) is 0 Å². The predicted octanol–water partition coefficient (Wildman–Crippen LogP) is 2.60. The molecule has 1 aliphatic rings. The molecular weight excluding hydrogens is 441 g/mol. The van der Waals surface area contributed by atoms with E-state index in [1.54, 1.807) is 36.4 Å². The normalized spacial score (nSPS) is 16.6. The number of esters is 1. The predicted molar refractivity (Wildman–Crippen MR) is 109 cm³/mol. The monoisotopic (exact) mass is 455 g/mol. The number of carbonyl (C=O) groups is 2. The third-order valence-corrected chi connectivity index (χ3v) is 6.11. The molecule has 29 heavy (non-hydrogen) atoms. The highest BCUT2D eigenvalue weighted by Crippen LogP contribution is 2.29. The molecular formula is C18H15Cl2N3O5S. The fourth-order valence-corrected chi connectivity index (χ4v) is 4.11. The molecule has 0 unspecified atom stereocenters. The van der Waals surface area contributed by atoms with Gasteiger partial charge in [-0.3, -0.25) is 14.5 Å². The van der Waals surface area contributed by atoms with Gasteiger partial charge in [-0.2, -0.15) is 0 Å². The summed E-state index contributed by atoms with van der Waals surface area (Å²) in [6.07, 6.45) is 0. The lowest BCUT2D eigenvalue weighted by Crippen LogP contribution is -2.28. The molecule has 11 heteroatoms. The lowest BCUT2D eigenvalue weighted by atomic mass is 10.2. The zero-order valence-corrected chi connectivity index (χ0v) is 17.3. The topological polar surface area (TPSA) is 114 Å². The van der Waals surface area contributed by atoms with E-state index >= 15 is 0 Å². The Morgan fingerprint density at radius 3 is 2.66 bits per heavy atom. The number of nitrogens with one attached hydrogen (secondary N) is 2. The number of rotatable bonds is 5. The summed E-state index contributed by atoms with van der Waals surface area (Å²) >= 11 is 11.9. The van der Waals surface area contributed by atoms with Crippen LogP contribution < -0.4 is 10.0 Å². The zero-order valence-electron chi connectivity index (χ0n) is 15.0. The van der Waals surface area contributed by atoms with Gasteiger partial charge in [0.2, 0.25) is 0 Å². The first-order valence-corrected chi connectivity index (χ1v) is 10.5. The number of aliphatic imine (C=N–C) groups is 1. The van der Waals surface area contributed by atoms with Crippen LogP contribution in [0, 0.1) is 0 Å². The molecule has 1 amide bonds.